The Morgan fingerprint density at radius 1 is 1.11 bits per heavy atom. The maximum absolute atomic E-state index is 11.5. The van der Waals surface area contributed by atoms with Crippen molar-refractivity contribution in [3.8, 4) is 5.75 Å². The molecule has 1 N–H and O–H groups in total. The van der Waals surface area contributed by atoms with Crippen LogP contribution >= 0.6 is 0 Å². The predicted molar refractivity (Wildman–Crippen MR) is 104 cm³/mol. The predicted octanol–water partition coefficient (Wildman–Crippen LogP) is 2.80. The van der Waals surface area contributed by atoms with Crippen LogP contribution in [0.5, 0.6) is 5.75 Å². The van der Waals surface area contributed by atoms with Crippen LogP contribution in [0.3, 0.4) is 0 Å². The van der Waals surface area contributed by atoms with Crippen molar-refractivity contribution in [1.82, 2.24) is 4.90 Å². The number of benzene rings is 2. The van der Waals surface area contributed by atoms with Gasteiger partial charge in [-0.15, -0.1) is 0 Å². The van der Waals surface area contributed by atoms with E-state index in [-0.39, 0.29) is 12.0 Å². The van der Waals surface area contributed by atoms with E-state index >= 15 is 0 Å². The Labute approximate surface area is 160 Å². The van der Waals surface area contributed by atoms with Crippen molar-refractivity contribution in [2.75, 3.05) is 13.7 Å². The monoisotopic (exact) mass is 369 g/mol. The van der Waals surface area contributed by atoms with Gasteiger partial charge in [-0.1, -0.05) is 42.5 Å². The molecule has 0 aliphatic carbocycles. The number of aryl methyl sites for hydroxylation is 1. The van der Waals surface area contributed by atoms with Gasteiger partial charge in [0.15, 0.2) is 0 Å². The van der Waals surface area contributed by atoms with E-state index in [0.717, 1.165) is 25.1 Å². The van der Waals surface area contributed by atoms with Gasteiger partial charge >= 0.3 is 5.97 Å². The Morgan fingerprint density at radius 2 is 1.81 bits per heavy atom. The van der Waals surface area contributed by atoms with Crippen molar-refractivity contribution in [3.05, 3.63) is 65.7 Å². The second kappa shape index (κ2) is 9.02. The summed E-state index contributed by atoms with van der Waals surface area (Å²) >= 11 is 0. The molecule has 1 heterocycles. The number of likely N-dealkylation sites (tertiary alicyclic amines) is 1. The fraction of sp³-hybridized carbons (Fsp3) is 0.409. The molecule has 0 saturated carbocycles. The Bertz CT molecular complexity index is 732. The number of ether oxygens (including phenoxy) is 2. The molecule has 2 aromatic rings. The summed E-state index contributed by atoms with van der Waals surface area (Å²) in [6.07, 6.45) is 0.474. The first-order valence-corrected chi connectivity index (χ1v) is 9.33. The number of hydrogen-bond acceptors (Lipinski definition) is 5. The van der Waals surface area contributed by atoms with Gasteiger partial charge < -0.3 is 14.6 Å². The van der Waals surface area contributed by atoms with E-state index in [4.69, 9.17) is 9.47 Å². The zero-order chi connectivity index (χ0) is 19.2. The number of methoxy groups -OCH3 is 1. The normalized spacial score (nSPS) is 22.6. The topological polar surface area (TPSA) is 59.0 Å². The lowest BCUT2D eigenvalue weighted by molar-refractivity contribution is -0.151. The van der Waals surface area contributed by atoms with E-state index in [1.165, 1.54) is 18.1 Å². The lowest BCUT2D eigenvalue weighted by atomic mass is 10.0. The van der Waals surface area contributed by atoms with E-state index < -0.39 is 12.2 Å². The third-order valence-electron chi connectivity index (χ3n) is 5.07. The van der Waals surface area contributed by atoms with Crippen molar-refractivity contribution in [2.45, 2.75) is 44.6 Å². The lowest BCUT2D eigenvalue weighted by Crippen LogP contribution is -2.39. The summed E-state index contributed by atoms with van der Waals surface area (Å²) in [6.45, 7) is 2.62. The molecule has 1 aliphatic rings. The average molecular weight is 369 g/mol. The van der Waals surface area contributed by atoms with Crippen molar-refractivity contribution in [2.24, 2.45) is 0 Å². The first-order chi connectivity index (χ1) is 13.1. The van der Waals surface area contributed by atoms with Crippen molar-refractivity contribution in [3.63, 3.8) is 0 Å². The second-order valence-corrected chi connectivity index (χ2v) is 7.01. The Kier molecular flexibility index (Phi) is 6.48. The molecule has 3 rings (SSSR count). The third kappa shape index (κ3) is 5.08. The van der Waals surface area contributed by atoms with Gasteiger partial charge in [0.2, 0.25) is 0 Å². The van der Waals surface area contributed by atoms with E-state index in [0.29, 0.717) is 6.54 Å². The lowest BCUT2D eigenvalue weighted by Gasteiger charge is -2.27. The highest BCUT2D eigenvalue weighted by Crippen LogP contribution is 2.28. The maximum Gasteiger partial charge on any atom is 0.303 e. The largest absolute Gasteiger partial charge is 0.497 e. The summed E-state index contributed by atoms with van der Waals surface area (Å²) in [5.41, 5.74) is 2.38. The smallest absolute Gasteiger partial charge is 0.303 e. The molecule has 0 unspecified atom stereocenters. The molecule has 1 aliphatic heterocycles. The van der Waals surface area contributed by atoms with Crippen LogP contribution < -0.4 is 4.74 Å². The van der Waals surface area contributed by atoms with Crippen molar-refractivity contribution >= 4 is 5.97 Å². The average Bonchev–Trinajstić information content (AvgIpc) is 2.95. The Hall–Kier alpha value is -2.37. The molecule has 1 fully saturated rings. The van der Waals surface area contributed by atoms with E-state index in [1.54, 1.807) is 7.11 Å². The molecule has 0 amide bonds. The zero-order valence-corrected chi connectivity index (χ0v) is 15.9. The molecule has 5 nitrogen and oxygen atoms in total. The highest BCUT2D eigenvalue weighted by molar-refractivity contribution is 5.66. The SMILES string of the molecule is COc1ccc(CC[C@@H]2[C@H](OC(C)=O)[C@@H](O)CN2Cc2ccccc2)cc1. The highest BCUT2D eigenvalue weighted by atomic mass is 16.6. The number of β-amino-alcohol motifs (C(OH)–C–C–N with tert-alkyl or cyclic N) is 1. The minimum atomic E-state index is -0.668. The molecule has 2 aromatic carbocycles. The summed E-state index contributed by atoms with van der Waals surface area (Å²) in [4.78, 5) is 13.8. The molecule has 27 heavy (non-hydrogen) atoms. The summed E-state index contributed by atoms with van der Waals surface area (Å²) < 4.78 is 10.7. The minimum absolute atomic E-state index is 0.0220. The van der Waals surface area contributed by atoms with Gasteiger partial charge in [0.05, 0.1) is 13.2 Å². The third-order valence-corrected chi connectivity index (χ3v) is 5.07. The molecule has 1 saturated heterocycles. The number of carbonyl (C=O) groups is 1. The van der Waals surface area contributed by atoms with E-state index in [2.05, 4.69) is 17.0 Å². The van der Waals surface area contributed by atoms with E-state index in [1.807, 2.05) is 42.5 Å². The zero-order valence-electron chi connectivity index (χ0n) is 15.9. The molecular formula is C22H27NO4. The number of rotatable bonds is 7. The number of aliphatic hydroxyl groups excluding tert-OH is 1. The highest BCUT2D eigenvalue weighted by Gasteiger charge is 2.42. The maximum atomic E-state index is 11.5. The second-order valence-electron chi connectivity index (χ2n) is 7.01. The van der Waals surface area contributed by atoms with E-state index in [9.17, 15) is 9.90 Å². The molecule has 0 radical (unpaired) electrons. The summed E-state index contributed by atoms with van der Waals surface area (Å²) in [7, 11) is 1.65. The summed E-state index contributed by atoms with van der Waals surface area (Å²) in [6, 6.07) is 18.1. The van der Waals surface area contributed by atoms with Crippen LogP contribution in [-0.4, -0.2) is 47.9 Å². The van der Waals surface area contributed by atoms with Crippen LogP contribution in [0.2, 0.25) is 0 Å². The van der Waals surface area contributed by atoms with Crippen LogP contribution in [0.15, 0.2) is 54.6 Å². The molecule has 0 bridgehead atoms. The summed E-state index contributed by atoms with van der Waals surface area (Å²) in [5.74, 6) is 0.480. The first kappa shape index (κ1) is 19.4. The van der Waals surface area contributed by atoms with Gasteiger partial charge in [-0.05, 0) is 36.1 Å². The molecule has 3 atom stereocenters. The number of aliphatic hydroxyl groups is 1. The molecule has 0 spiro atoms. The van der Waals surface area contributed by atoms with Gasteiger partial charge in [0, 0.05) is 20.0 Å². The molecule has 144 valence electrons. The van der Waals surface area contributed by atoms with Crippen LogP contribution in [0.25, 0.3) is 0 Å². The fourth-order valence-electron chi connectivity index (χ4n) is 3.75. The van der Waals surface area contributed by atoms with Gasteiger partial charge in [0.1, 0.15) is 18.0 Å². The molecule has 0 aromatic heterocycles. The van der Waals surface area contributed by atoms with Crippen LogP contribution in [0.1, 0.15) is 24.5 Å². The van der Waals surface area contributed by atoms with Crippen molar-refractivity contribution < 1.29 is 19.4 Å². The Balaban J connectivity index is 1.72. The minimum Gasteiger partial charge on any atom is -0.497 e. The number of nitrogens with zero attached hydrogens (tertiary/aromatic N) is 1. The number of hydrogen-bond donors (Lipinski definition) is 1. The van der Waals surface area contributed by atoms with Crippen LogP contribution in [-0.2, 0) is 22.5 Å². The first-order valence-electron chi connectivity index (χ1n) is 9.33. The number of esters is 1. The van der Waals surface area contributed by atoms with Crippen LogP contribution in [0.4, 0.5) is 0 Å². The van der Waals surface area contributed by atoms with Gasteiger partial charge in [-0.2, -0.15) is 0 Å². The summed E-state index contributed by atoms with van der Waals surface area (Å²) in [5, 5.41) is 10.5. The fourth-order valence-corrected chi connectivity index (χ4v) is 3.75. The van der Waals surface area contributed by atoms with Crippen LogP contribution in [0, 0.1) is 0 Å². The van der Waals surface area contributed by atoms with Gasteiger partial charge in [0.25, 0.3) is 0 Å². The Morgan fingerprint density at radius 3 is 2.44 bits per heavy atom. The van der Waals surface area contributed by atoms with Gasteiger partial charge in [-0.3, -0.25) is 9.69 Å². The standard InChI is InChI=1S/C22H27NO4/c1-16(24)27-22-20(13-10-17-8-11-19(26-2)12-9-17)23(15-21(22)25)14-18-6-4-3-5-7-18/h3-9,11-12,20-22,25H,10,13-15H2,1-2H3/t20-,21+,22+/m1/s1. The molecule has 5 heteroatoms. The van der Waals surface area contributed by atoms with Crippen molar-refractivity contribution in [1.29, 1.82) is 0 Å². The van der Waals surface area contributed by atoms with Gasteiger partial charge in [-0.25, -0.2) is 0 Å². The number of carbonyl (C=O) groups excluding carboxylic acids is 1. The molecular weight excluding hydrogens is 342 g/mol. The quantitative estimate of drug-likeness (QED) is 0.761.